The standard InChI is InChI=1S/C18H15FN2O5/c1-3-25-16(22)9-13-4-5-15(21(23)24)18(17(13)19)26-14-7-11(2)6-12(8-14)10-20/h4-8H,3,9H2,1-2H3. The van der Waals surface area contributed by atoms with E-state index in [1.165, 1.54) is 12.1 Å². The van der Waals surface area contributed by atoms with E-state index in [2.05, 4.69) is 0 Å². The van der Waals surface area contributed by atoms with Gasteiger partial charge in [0, 0.05) is 11.6 Å². The molecule has 0 aliphatic carbocycles. The molecule has 8 heteroatoms. The number of halogens is 1. The van der Waals surface area contributed by atoms with Crippen molar-refractivity contribution in [2.75, 3.05) is 6.61 Å². The molecule has 26 heavy (non-hydrogen) atoms. The minimum absolute atomic E-state index is 0.0804. The van der Waals surface area contributed by atoms with E-state index >= 15 is 0 Å². The number of nitriles is 1. The van der Waals surface area contributed by atoms with Crippen LogP contribution in [0.5, 0.6) is 11.5 Å². The number of ether oxygens (including phenoxy) is 2. The van der Waals surface area contributed by atoms with Gasteiger partial charge in [0.25, 0.3) is 0 Å². The van der Waals surface area contributed by atoms with Crippen LogP contribution in [0.1, 0.15) is 23.6 Å². The van der Waals surface area contributed by atoms with E-state index in [1.807, 2.05) is 6.07 Å². The molecule has 0 aliphatic rings. The predicted molar refractivity (Wildman–Crippen MR) is 89.4 cm³/mol. The highest BCUT2D eigenvalue weighted by molar-refractivity contribution is 5.73. The van der Waals surface area contributed by atoms with Gasteiger partial charge in [-0.05, 0) is 43.7 Å². The highest BCUT2D eigenvalue weighted by Gasteiger charge is 2.25. The summed E-state index contributed by atoms with van der Waals surface area (Å²) in [5.41, 5.74) is 0.267. The van der Waals surface area contributed by atoms with Gasteiger partial charge < -0.3 is 9.47 Å². The lowest BCUT2D eigenvalue weighted by Crippen LogP contribution is -2.10. The molecule has 0 spiro atoms. The number of hydrogen-bond acceptors (Lipinski definition) is 6. The van der Waals surface area contributed by atoms with E-state index in [4.69, 9.17) is 14.7 Å². The van der Waals surface area contributed by atoms with Crippen LogP contribution in [0.4, 0.5) is 10.1 Å². The lowest BCUT2D eigenvalue weighted by Gasteiger charge is -2.11. The molecular formula is C18H15FN2O5. The van der Waals surface area contributed by atoms with Gasteiger partial charge in [-0.3, -0.25) is 14.9 Å². The third kappa shape index (κ3) is 4.33. The number of aryl methyl sites for hydroxylation is 1. The molecule has 0 bridgehead atoms. The highest BCUT2D eigenvalue weighted by Crippen LogP contribution is 2.36. The fourth-order valence-electron chi connectivity index (χ4n) is 2.32. The fourth-order valence-corrected chi connectivity index (χ4v) is 2.32. The number of nitrogens with zero attached hydrogens (tertiary/aromatic N) is 2. The van der Waals surface area contributed by atoms with Crippen LogP contribution in [0.15, 0.2) is 30.3 Å². The molecule has 2 aromatic rings. The Kier molecular flexibility index (Phi) is 5.86. The molecule has 0 amide bonds. The minimum atomic E-state index is -1.02. The maximum Gasteiger partial charge on any atom is 0.314 e. The number of carbonyl (C=O) groups is 1. The average molecular weight is 358 g/mol. The van der Waals surface area contributed by atoms with Gasteiger partial charge in [-0.25, -0.2) is 4.39 Å². The SMILES string of the molecule is CCOC(=O)Cc1ccc([N+](=O)[O-])c(Oc2cc(C)cc(C#N)c2)c1F. The number of rotatable bonds is 6. The minimum Gasteiger partial charge on any atom is -0.466 e. The van der Waals surface area contributed by atoms with Crippen molar-refractivity contribution in [1.82, 2.24) is 0 Å². The summed E-state index contributed by atoms with van der Waals surface area (Å²) in [5, 5.41) is 20.2. The van der Waals surface area contributed by atoms with E-state index < -0.39 is 28.1 Å². The van der Waals surface area contributed by atoms with E-state index in [9.17, 15) is 19.3 Å². The van der Waals surface area contributed by atoms with E-state index in [1.54, 1.807) is 19.9 Å². The number of esters is 1. The molecule has 0 fully saturated rings. The van der Waals surface area contributed by atoms with Gasteiger partial charge in [-0.2, -0.15) is 5.26 Å². The molecule has 0 atom stereocenters. The molecule has 0 saturated heterocycles. The Hall–Kier alpha value is -3.47. The molecule has 2 rings (SSSR count). The first-order valence-corrected chi connectivity index (χ1v) is 7.66. The quantitative estimate of drug-likeness (QED) is 0.442. The Balaban J connectivity index is 2.48. The third-order valence-electron chi connectivity index (χ3n) is 3.39. The van der Waals surface area contributed by atoms with Crippen molar-refractivity contribution < 1.29 is 23.6 Å². The first-order valence-electron chi connectivity index (χ1n) is 7.66. The van der Waals surface area contributed by atoms with Crippen molar-refractivity contribution in [3.63, 3.8) is 0 Å². The van der Waals surface area contributed by atoms with Crippen molar-refractivity contribution in [3.05, 3.63) is 63.0 Å². The first kappa shape index (κ1) is 18.9. The molecular weight excluding hydrogens is 343 g/mol. The maximum atomic E-state index is 14.8. The molecule has 0 N–H and O–H groups in total. The average Bonchev–Trinajstić information content (AvgIpc) is 2.57. The van der Waals surface area contributed by atoms with E-state index in [-0.39, 0.29) is 29.9 Å². The van der Waals surface area contributed by atoms with Crippen LogP contribution in [-0.2, 0) is 16.0 Å². The van der Waals surface area contributed by atoms with Crippen LogP contribution in [0.3, 0.4) is 0 Å². The molecule has 134 valence electrons. The van der Waals surface area contributed by atoms with Gasteiger partial charge in [0.05, 0.1) is 29.6 Å². The predicted octanol–water partition coefficient (Wildman–Crippen LogP) is 3.81. The lowest BCUT2D eigenvalue weighted by molar-refractivity contribution is -0.385. The summed E-state index contributed by atoms with van der Waals surface area (Å²) in [5.74, 6) is -2.22. The van der Waals surface area contributed by atoms with Crippen LogP contribution >= 0.6 is 0 Å². The van der Waals surface area contributed by atoms with Crippen LogP contribution in [0.2, 0.25) is 0 Å². The maximum absolute atomic E-state index is 14.8. The molecule has 7 nitrogen and oxygen atoms in total. The van der Waals surface area contributed by atoms with Crippen LogP contribution in [-0.4, -0.2) is 17.5 Å². The van der Waals surface area contributed by atoms with Gasteiger partial charge >= 0.3 is 11.7 Å². The third-order valence-corrected chi connectivity index (χ3v) is 3.39. The summed E-state index contributed by atoms with van der Waals surface area (Å²) in [7, 11) is 0. The second-order valence-corrected chi connectivity index (χ2v) is 5.37. The molecule has 0 saturated carbocycles. The summed E-state index contributed by atoms with van der Waals surface area (Å²) in [6, 6.07) is 8.59. The Morgan fingerprint density at radius 3 is 2.69 bits per heavy atom. The van der Waals surface area contributed by atoms with Crippen molar-refractivity contribution >= 4 is 11.7 Å². The van der Waals surface area contributed by atoms with Gasteiger partial charge in [0.1, 0.15) is 5.75 Å². The number of carbonyl (C=O) groups excluding carboxylic acids is 1. The Labute approximate surface area is 148 Å². The van der Waals surface area contributed by atoms with Gasteiger partial charge in [0.2, 0.25) is 5.75 Å². The normalized spacial score (nSPS) is 10.1. The zero-order chi connectivity index (χ0) is 19.3. The van der Waals surface area contributed by atoms with Crippen LogP contribution in [0, 0.1) is 34.2 Å². The molecule has 0 aliphatic heterocycles. The van der Waals surface area contributed by atoms with Crippen LogP contribution in [0.25, 0.3) is 0 Å². The van der Waals surface area contributed by atoms with Gasteiger partial charge in [0.15, 0.2) is 5.82 Å². The van der Waals surface area contributed by atoms with E-state index in [0.717, 1.165) is 12.1 Å². The Morgan fingerprint density at radius 2 is 2.08 bits per heavy atom. The largest absolute Gasteiger partial charge is 0.466 e. The number of nitro benzene ring substituents is 1. The zero-order valence-corrected chi connectivity index (χ0v) is 14.1. The van der Waals surface area contributed by atoms with Crippen molar-refractivity contribution in [3.8, 4) is 17.6 Å². The Bertz CT molecular complexity index is 905. The molecule has 0 radical (unpaired) electrons. The monoisotopic (exact) mass is 358 g/mol. The molecule has 0 unspecified atom stereocenters. The first-order chi connectivity index (χ1) is 12.3. The lowest BCUT2D eigenvalue weighted by atomic mass is 10.1. The Morgan fingerprint density at radius 1 is 1.35 bits per heavy atom. The van der Waals surface area contributed by atoms with Gasteiger partial charge in [-0.1, -0.05) is 0 Å². The molecule has 0 heterocycles. The molecule has 0 aromatic heterocycles. The summed E-state index contributed by atoms with van der Waals surface area (Å²) in [6.07, 6.45) is -0.384. The number of nitro groups is 1. The second-order valence-electron chi connectivity index (χ2n) is 5.37. The van der Waals surface area contributed by atoms with Crippen molar-refractivity contribution in [2.24, 2.45) is 0 Å². The smallest absolute Gasteiger partial charge is 0.314 e. The molecule has 2 aromatic carbocycles. The highest BCUT2D eigenvalue weighted by atomic mass is 19.1. The number of hydrogen-bond donors (Lipinski definition) is 0. The summed E-state index contributed by atoms with van der Waals surface area (Å²) in [6.45, 7) is 3.45. The van der Waals surface area contributed by atoms with Crippen molar-refractivity contribution in [2.45, 2.75) is 20.3 Å². The summed E-state index contributed by atoms with van der Waals surface area (Å²) in [4.78, 5) is 22.0. The van der Waals surface area contributed by atoms with E-state index in [0.29, 0.717) is 5.56 Å². The zero-order valence-electron chi connectivity index (χ0n) is 14.1. The summed E-state index contributed by atoms with van der Waals surface area (Å²) >= 11 is 0. The second kappa shape index (κ2) is 8.07. The summed E-state index contributed by atoms with van der Waals surface area (Å²) < 4.78 is 24.9. The van der Waals surface area contributed by atoms with Crippen LogP contribution < -0.4 is 4.74 Å². The van der Waals surface area contributed by atoms with Crippen molar-refractivity contribution in [1.29, 1.82) is 5.26 Å². The topological polar surface area (TPSA) is 102 Å². The fraction of sp³-hybridized carbons (Fsp3) is 0.222. The van der Waals surface area contributed by atoms with Gasteiger partial charge in [-0.15, -0.1) is 0 Å². The number of benzene rings is 2.